The summed E-state index contributed by atoms with van der Waals surface area (Å²) >= 11 is 0. The van der Waals surface area contributed by atoms with Gasteiger partial charge in [-0.05, 0) is 42.4 Å². The molecule has 0 aromatic heterocycles. The molecule has 8 atom stereocenters. The molecule has 0 spiro atoms. The van der Waals surface area contributed by atoms with Crippen LogP contribution in [0.5, 0.6) is 0 Å². The van der Waals surface area contributed by atoms with E-state index in [4.69, 9.17) is 9.47 Å². The molecule has 0 amide bonds. The Kier molecular flexibility index (Phi) is 3.53. The first-order valence-electron chi connectivity index (χ1n) is 9.58. The van der Waals surface area contributed by atoms with Gasteiger partial charge in [-0.2, -0.15) is 5.26 Å². The van der Waals surface area contributed by atoms with E-state index in [1.54, 1.807) is 0 Å². The maximum atomic E-state index is 11.2. The number of aliphatic hydroxyl groups excluding tert-OH is 2. The average molecular weight is 349 g/mol. The Hall–Kier alpha value is -0.670. The van der Waals surface area contributed by atoms with Gasteiger partial charge >= 0.3 is 0 Å². The Balaban J connectivity index is 1.57. The van der Waals surface area contributed by atoms with Crippen molar-refractivity contribution in [3.8, 4) is 6.07 Å². The minimum Gasteiger partial charge on any atom is -0.367 e. The molecule has 140 valence electrons. The van der Waals surface area contributed by atoms with E-state index >= 15 is 0 Å². The van der Waals surface area contributed by atoms with Crippen molar-refractivity contribution in [1.29, 1.82) is 5.26 Å². The molecule has 1 aliphatic heterocycles. The smallest absolute Gasteiger partial charge is 0.174 e. The average Bonchev–Trinajstić information content (AvgIpc) is 2.97. The van der Waals surface area contributed by atoms with Crippen LogP contribution in [0.15, 0.2) is 0 Å². The Bertz CT molecular complexity index is 611. The third kappa shape index (κ3) is 2.03. The van der Waals surface area contributed by atoms with Crippen molar-refractivity contribution < 1.29 is 19.7 Å². The molecule has 4 aliphatic rings. The molecule has 0 radical (unpaired) electrons. The van der Waals surface area contributed by atoms with Crippen molar-refractivity contribution in [2.24, 2.45) is 33.5 Å². The number of rotatable bonds is 4. The number of hydrogen-bond acceptors (Lipinski definition) is 5. The van der Waals surface area contributed by atoms with Crippen molar-refractivity contribution in [1.82, 2.24) is 0 Å². The van der Waals surface area contributed by atoms with Crippen molar-refractivity contribution >= 4 is 0 Å². The molecule has 0 aromatic rings. The highest BCUT2D eigenvalue weighted by Gasteiger charge is 2.71. The van der Waals surface area contributed by atoms with Gasteiger partial charge in [-0.3, -0.25) is 0 Å². The van der Waals surface area contributed by atoms with Crippen molar-refractivity contribution in [3.05, 3.63) is 0 Å². The van der Waals surface area contributed by atoms with E-state index in [2.05, 4.69) is 40.7 Å². The summed E-state index contributed by atoms with van der Waals surface area (Å²) in [5.41, 5.74) is -1.17. The molecule has 0 aromatic carbocycles. The van der Waals surface area contributed by atoms with E-state index in [1.807, 2.05) is 0 Å². The zero-order valence-electron chi connectivity index (χ0n) is 16.0. The predicted octanol–water partition coefficient (Wildman–Crippen LogP) is 2.81. The Morgan fingerprint density at radius 2 is 1.92 bits per heavy atom. The lowest BCUT2D eigenvalue weighted by molar-refractivity contribution is -0.265. The molecule has 8 unspecified atom stereocenters. The van der Waals surface area contributed by atoms with Crippen LogP contribution in [0.4, 0.5) is 0 Å². The standard InChI is InChI=1S/C20H31NO4/c1-17(2,3)19(5,18(4)6-7-18)15(22)24-13-11-8-12-14(13)25-16(23)20(12,9-11)10-21/h11-16,22-23H,6-9H2,1-5H3. The van der Waals surface area contributed by atoms with E-state index in [0.717, 1.165) is 19.3 Å². The fraction of sp³-hybridized carbons (Fsp3) is 0.950. The largest absolute Gasteiger partial charge is 0.367 e. The summed E-state index contributed by atoms with van der Waals surface area (Å²) < 4.78 is 12.0. The summed E-state index contributed by atoms with van der Waals surface area (Å²) in [5.74, 6) is 0.199. The molecule has 1 saturated heterocycles. The van der Waals surface area contributed by atoms with Gasteiger partial charge in [-0.1, -0.05) is 34.6 Å². The van der Waals surface area contributed by atoms with Gasteiger partial charge < -0.3 is 19.7 Å². The Morgan fingerprint density at radius 1 is 1.28 bits per heavy atom. The molecule has 25 heavy (non-hydrogen) atoms. The summed E-state index contributed by atoms with van der Waals surface area (Å²) in [7, 11) is 0. The molecule has 2 bridgehead atoms. The first-order chi connectivity index (χ1) is 11.5. The number of aliphatic hydroxyl groups is 2. The first-order valence-corrected chi connectivity index (χ1v) is 9.58. The number of ether oxygens (including phenoxy) is 2. The number of fused-ring (bicyclic) bond motifs is 1. The maximum Gasteiger partial charge on any atom is 0.174 e. The van der Waals surface area contributed by atoms with Gasteiger partial charge in [0.1, 0.15) is 5.41 Å². The van der Waals surface area contributed by atoms with Crippen molar-refractivity contribution in [2.45, 2.75) is 85.1 Å². The van der Waals surface area contributed by atoms with Crippen LogP contribution in [0.2, 0.25) is 0 Å². The van der Waals surface area contributed by atoms with Gasteiger partial charge in [0.25, 0.3) is 0 Å². The summed E-state index contributed by atoms with van der Waals surface area (Å²) in [6.07, 6.45) is 1.23. The molecule has 5 nitrogen and oxygen atoms in total. The van der Waals surface area contributed by atoms with E-state index < -0.39 is 18.0 Å². The molecule has 2 N–H and O–H groups in total. The van der Waals surface area contributed by atoms with Crippen LogP contribution < -0.4 is 0 Å². The van der Waals surface area contributed by atoms with Crippen molar-refractivity contribution in [2.75, 3.05) is 0 Å². The number of nitriles is 1. The zero-order chi connectivity index (χ0) is 18.4. The monoisotopic (exact) mass is 349 g/mol. The lowest BCUT2D eigenvalue weighted by Crippen LogP contribution is -2.53. The lowest BCUT2D eigenvalue weighted by Gasteiger charge is -2.51. The van der Waals surface area contributed by atoms with E-state index in [1.165, 1.54) is 0 Å². The molecule has 3 saturated carbocycles. The lowest BCUT2D eigenvalue weighted by atomic mass is 9.58. The predicted molar refractivity (Wildman–Crippen MR) is 90.9 cm³/mol. The second-order valence-corrected chi connectivity index (χ2v) is 10.4. The quantitative estimate of drug-likeness (QED) is 0.763. The normalized spacial score (nSPS) is 47.4. The zero-order valence-corrected chi connectivity index (χ0v) is 16.0. The van der Waals surface area contributed by atoms with Crippen LogP contribution in [0.3, 0.4) is 0 Å². The highest BCUT2D eigenvalue weighted by molar-refractivity contribution is 5.22. The third-order valence-corrected chi connectivity index (χ3v) is 8.53. The first kappa shape index (κ1) is 17.7. The summed E-state index contributed by atoms with van der Waals surface area (Å²) in [5, 5.41) is 31.0. The molecule has 4 fully saturated rings. The highest BCUT2D eigenvalue weighted by atomic mass is 16.7. The molecule has 4 rings (SSSR count). The molecular weight excluding hydrogens is 318 g/mol. The molecule has 3 aliphatic carbocycles. The Labute approximate surface area is 150 Å². The summed E-state index contributed by atoms with van der Waals surface area (Å²) in [6.45, 7) is 10.9. The Morgan fingerprint density at radius 3 is 2.44 bits per heavy atom. The topological polar surface area (TPSA) is 82.7 Å². The summed E-state index contributed by atoms with van der Waals surface area (Å²) in [6, 6.07) is 2.32. The van der Waals surface area contributed by atoms with Gasteiger partial charge in [-0.15, -0.1) is 0 Å². The van der Waals surface area contributed by atoms with Crippen LogP contribution in [0.25, 0.3) is 0 Å². The minimum absolute atomic E-state index is 0.0205. The minimum atomic E-state index is -1.03. The van der Waals surface area contributed by atoms with Crippen molar-refractivity contribution in [3.63, 3.8) is 0 Å². The van der Waals surface area contributed by atoms with Crippen LogP contribution >= 0.6 is 0 Å². The van der Waals surface area contributed by atoms with Gasteiger partial charge in [0.2, 0.25) is 0 Å². The number of nitrogens with zero attached hydrogens (tertiary/aromatic N) is 1. The van der Waals surface area contributed by atoms with E-state index in [-0.39, 0.29) is 40.3 Å². The summed E-state index contributed by atoms with van der Waals surface area (Å²) in [4.78, 5) is 0. The number of hydrogen-bond donors (Lipinski definition) is 2. The van der Waals surface area contributed by atoms with E-state index in [9.17, 15) is 15.5 Å². The molecule has 1 heterocycles. The third-order valence-electron chi connectivity index (χ3n) is 8.53. The van der Waals surface area contributed by atoms with Gasteiger partial charge in [0, 0.05) is 11.3 Å². The van der Waals surface area contributed by atoms with Crippen LogP contribution in [-0.4, -0.2) is 35.0 Å². The molecular formula is C20H31NO4. The van der Waals surface area contributed by atoms with Crippen LogP contribution in [0, 0.1) is 44.8 Å². The van der Waals surface area contributed by atoms with Crippen LogP contribution in [0.1, 0.15) is 60.3 Å². The fourth-order valence-electron chi connectivity index (χ4n) is 6.04. The van der Waals surface area contributed by atoms with Crippen LogP contribution in [-0.2, 0) is 9.47 Å². The second kappa shape index (κ2) is 4.98. The second-order valence-electron chi connectivity index (χ2n) is 10.4. The maximum absolute atomic E-state index is 11.2. The van der Waals surface area contributed by atoms with Gasteiger partial charge in [0.05, 0.1) is 18.3 Å². The van der Waals surface area contributed by atoms with Gasteiger partial charge in [-0.25, -0.2) is 0 Å². The highest BCUT2D eigenvalue weighted by Crippen LogP contribution is 2.68. The fourth-order valence-corrected chi connectivity index (χ4v) is 6.04. The van der Waals surface area contributed by atoms with E-state index in [0.29, 0.717) is 6.42 Å². The molecule has 5 heteroatoms. The SMILES string of the molecule is CC(C)(C)C(C)(C(O)OC1C2CC3C1OC(O)C3(C#N)C2)C1(C)CC1. The van der Waals surface area contributed by atoms with Gasteiger partial charge in [0.15, 0.2) is 12.6 Å².